The van der Waals surface area contributed by atoms with E-state index in [0.29, 0.717) is 21.7 Å². The lowest BCUT2D eigenvalue weighted by Crippen LogP contribution is -1.98. The second-order valence-corrected chi connectivity index (χ2v) is 5.03. The molecule has 0 unspecified atom stereocenters. The molecule has 0 aliphatic heterocycles. The van der Waals surface area contributed by atoms with Crippen molar-refractivity contribution in [2.45, 2.75) is 6.61 Å². The van der Waals surface area contributed by atoms with E-state index in [4.69, 9.17) is 9.26 Å². The van der Waals surface area contributed by atoms with Crippen LogP contribution in [0, 0.1) is 0 Å². The van der Waals surface area contributed by atoms with Gasteiger partial charge in [0.05, 0.1) is 5.56 Å². The molecule has 0 spiro atoms. The van der Waals surface area contributed by atoms with E-state index >= 15 is 0 Å². The highest BCUT2D eigenvalue weighted by Gasteiger charge is 2.09. The summed E-state index contributed by atoms with van der Waals surface area (Å²) in [7, 11) is 0. The van der Waals surface area contributed by atoms with Crippen molar-refractivity contribution in [1.29, 1.82) is 0 Å². The largest absolute Gasteiger partial charge is 0.485 e. The van der Waals surface area contributed by atoms with Crippen molar-refractivity contribution in [3.8, 4) is 5.75 Å². The second kappa shape index (κ2) is 5.46. The van der Waals surface area contributed by atoms with Gasteiger partial charge in [-0.05, 0) is 32.8 Å². The Balaban J connectivity index is 1.93. The van der Waals surface area contributed by atoms with Gasteiger partial charge in [-0.1, -0.05) is 35.5 Å². The molecule has 1 heterocycles. The van der Waals surface area contributed by atoms with Crippen molar-refractivity contribution in [1.82, 2.24) is 5.16 Å². The number of halogens is 1. The van der Waals surface area contributed by atoms with Gasteiger partial charge in [-0.15, -0.1) is 0 Å². The first-order valence-corrected chi connectivity index (χ1v) is 6.78. The minimum absolute atomic E-state index is 0.220. The van der Waals surface area contributed by atoms with Crippen LogP contribution in [0.15, 0.2) is 51.6 Å². The Morgan fingerprint density at radius 3 is 2.85 bits per heavy atom. The number of rotatable bonds is 4. The molecule has 0 bridgehead atoms. The van der Waals surface area contributed by atoms with Crippen LogP contribution in [0.3, 0.4) is 0 Å². The molecule has 0 N–H and O–H groups in total. The van der Waals surface area contributed by atoms with Gasteiger partial charge in [0.25, 0.3) is 0 Å². The van der Waals surface area contributed by atoms with E-state index in [0.717, 1.165) is 17.1 Å². The zero-order valence-electron chi connectivity index (χ0n) is 10.4. The first-order chi connectivity index (χ1) is 9.78. The third-order valence-electron chi connectivity index (χ3n) is 2.95. The molecule has 0 radical (unpaired) electrons. The lowest BCUT2D eigenvalue weighted by atomic mass is 10.0. The summed E-state index contributed by atoms with van der Waals surface area (Å²) >= 11 is 3.20. The summed E-state index contributed by atoms with van der Waals surface area (Å²) in [6.45, 7) is 0.220. The van der Waals surface area contributed by atoms with Crippen molar-refractivity contribution in [3.63, 3.8) is 0 Å². The smallest absolute Gasteiger partial charge is 0.175 e. The number of fused-ring (bicyclic) bond motifs is 1. The second-order valence-electron chi connectivity index (χ2n) is 4.22. The van der Waals surface area contributed by atoms with Gasteiger partial charge in [0.1, 0.15) is 17.0 Å². The van der Waals surface area contributed by atoms with Crippen LogP contribution < -0.4 is 4.74 Å². The van der Waals surface area contributed by atoms with Gasteiger partial charge in [0.2, 0.25) is 0 Å². The lowest BCUT2D eigenvalue weighted by molar-refractivity contribution is 0.112. The van der Waals surface area contributed by atoms with E-state index in [1.807, 2.05) is 30.3 Å². The molecule has 4 nitrogen and oxygen atoms in total. The summed E-state index contributed by atoms with van der Waals surface area (Å²) in [5.74, 6) is 1.12. The maximum atomic E-state index is 11.3. The highest BCUT2D eigenvalue weighted by atomic mass is 79.9. The molecule has 2 aromatic carbocycles. The molecule has 0 fully saturated rings. The molecular formula is C15H10BrNO3. The van der Waals surface area contributed by atoms with E-state index < -0.39 is 0 Å². The zero-order valence-corrected chi connectivity index (χ0v) is 12.0. The Labute approximate surface area is 123 Å². The number of carbonyl (C=O) groups is 1. The molecule has 0 aliphatic carbocycles. The fourth-order valence-electron chi connectivity index (χ4n) is 2.03. The number of ether oxygens (including phenoxy) is 1. The van der Waals surface area contributed by atoms with Gasteiger partial charge in [-0.25, -0.2) is 0 Å². The van der Waals surface area contributed by atoms with Gasteiger partial charge in [-0.3, -0.25) is 4.79 Å². The normalized spacial score (nSPS) is 10.7. The van der Waals surface area contributed by atoms with Crippen LogP contribution in [0.2, 0.25) is 0 Å². The molecule has 0 saturated heterocycles. The molecular weight excluding hydrogens is 322 g/mol. The maximum Gasteiger partial charge on any atom is 0.175 e. The number of nitrogens with zero attached hydrogens (tertiary/aromatic N) is 1. The van der Waals surface area contributed by atoms with Gasteiger partial charge in [0, 0.05) is 6.07 Å². The van der Waals surface area contributed by atoms with E-state index in [9.17, 15) is 4.79 Å². The average Bonchev–Trinajstić information content (AvgIpc) is 2.90. The molecule has 1 aromatic heterocycles. The monoisotopic (exact) mass is 331 g/mol. The number of hydrogen-bond acceptors (Lipinski definition) is 4. The molecule has 0 aliphatic rings. The standard InChI is InChI=1S/C15H10BrNO3/c16-15-7-11(20-17-15)9-19-14-6-5-10-3-1-2-4-12(10)13(14)8-18/h1-8H,9H2. The van der Waals surface area contributed by atoms with Crippen LogP contribution in [0.4, 0.5) is 0 Å². The SMILES string of the molecule is O=Cc1c(OCc2cc(Br)no2)ccc2ccccc12. The molecule has 0 amide bonds. The van der Waals surface area contributed by atoms with Crippen molar-refractivity contribution in [2.24, 2.45) is 0 Å². The highest BCUT2D eigenvalue weighted by Crippen LogP contribution is 2.27. The Kier molecular flexibility index (Phi) is 3.52. The topological polar surface area (TPSA) is 52.3 Å². The predicted molar refractivity (Wildman–Crippen MR) is 77.9 cm³/mol. The molecule has 3 aromatic rings. The molecule has 0 atom stereocenters. The molecule has 0 saturated carbocycles. The molecule has 100 valence electrons. The molecule has 3 rings (SSSR count). The van der Waals surface area contributed by atoms with Crippen LogP contribution in [0.1, 0.15) is 16.1 Å². The van der Waals surface area contributed by atoms with Crippen molar-refractivity contribution >= 4 is 33.0 Å². The first-order valence-electron chi connectivity index (χ1n) is 5.99. The van der Waals surface area contributed by atoms with E-state index in [1.165, 1.54) is 0 Å². The van der Waals surface area contributed by atoms with E-state index in [2.05, 4.69) is 21.1 Å². The number of carbonyl (C=O) groups excluding carboxylic acids is 1. The summed E-state index contributed by atoms with van der Waals surface area (Å²) in [5, 5.41) is 5.59. The quantitative estimate of drug-likeness (QED) is 0.678. The summed E-state index contributed by atoms with van der Waals surface area (Å²) in [4.78, 5) is 11.3. The van der Waals surface area contributed by atoms with Crippen molar-refractivity contribution in [3.05, 3.63) is 58.4 Å². The summed E-state index contributed by atoms with van der Waals surface area (Å²) < 4.78 is 11.3. The predicted octanol–water partition coefficient (Wildman–Crippen LogP) is 3.98. The molecule has 5 heteroatoms. The number of benzene rings is 2. The fraction of sp³-hybridized carbons (Fsp3) is 0.0667. The van der Waals surface area contributed by atoms with Crippen molar-refractivity contribution in [2.75, 3.05) is 0 Å². The summed E-state index contributed by atoms with van der Waals surface area (Å²) in [6, 6.07) is 13.1. The number of hydrogen-bond donors (Lipinski definition) is 0. The maximum absolute atomic E-state index is 11.3. The van der Waals surface area contributed by atoms with Crippen LogP contribution in [0.5, 0.6) is 5.75 Å². The number of aromatic nitrogens is 1. The minimum atomic E-state index is 0.220. The fourth-order valence-corrected chi connectivity index (χ4v) is 2.36. The van der Waals surface area contributed by atoms with Crippen LogP contribution in [-0.4, -0.2) is 11.4 Å². The summed E-state index contributed by atoms with van der Waals surface area (Å²) in [6.07, 6.45) is 0.813. The van der Waals surface area contributed by atoms with Crippen LogP contribution in [0.25, 0.3) is 10.8 Å². The average molecular weight is 332 g/mol. The third kappa shape index (κ3) is 2.44. The van der Waals surface area contributed by atoms with Gasteiger partial charge in [-0.2, -0.15) is 0 Å². The Morgan fingerprint density at radius 2 is 2.10 bits per heavy atom. The molecule has 20 heavy (non-hydrogen) atoms. The van der Waals surface area contributed by atoms with Crippen LogP contribution in [-0.2, 0) is 6.61 Å². The zero-order chi connectivity index (χ0) is 13.9. The van der Waals surface area contributed by atoms with Crippen LogP contribution >= 0.6 is 15.9 Å². The van der Waals surface area contributed by atoms with Gasteiger partial charge < -0.3 is 9.26 Å². The van der Waals surface area contributed by atoms with Gasteiger partial charge in [0.15, 0.2) is 12.0 Å². The Morgan fingerprint density at radius 1 is 1.25 bits per heavy atom. The summed E-state index contributed by atoms with van der Waals surface area (Å²) in [5.41, 5.74) is 0.543. The Bertz CT molecular complexity index is 767. The van der Waals surface area contributed by atoms with E-state index in [1.54, 1.807) is 12.1 Å². The van der Waals surface area contributed by atoms with E-state index in [-0.39, 0.29) is 6.61 Å². The number of aldehydes is 1. The van der Waals surface area contributed by atoms with Crippen molar-refractivity contribution < 1.29 is 14.1 Å². The first kappa shape index (κ1) is 12.9. The lowest BCUT2D eigenvalue weighted by Gasteiger charge is -2.09. The van der Waals surface area contributed by atoms with Gasteiger partial charge >= 0.3 is 0 Å². The third-order valence-corrected chi connectivity index (χ3v) is 3.32. The minimum Gasteiger partial charge on any atom is -0.485 e. The Hall–Kier alpha value is -2.14. The highest BCUT2D eigenvalue weighted by molar-refractivity contribution is 9.10.